The molecule has 0 bridgehead atoms. The molecule has 0 spiro atoms. The summed E-state index contributed by atoms with van der Waals surface area (Å²) in [5, 5.41) is 0. The molecule has 2 rings (SSSR count). The zero-order valence-electron chi connectivity index (χ0n) is 11.8. The van der Waals surface area contributed by atoms with Crippen LogP contribution in [-0.4, -0.2) is 18.1 Å². The average Bonchev–Trinajstić information content (AvgIpc) is 2.50. The van der Waals surface area contributed by atoms with Crippen molar-refractivity contribution in [2.75, 3.05) is 18.0 Å². The molecule has 1 aromatic rings. The van der Waals surface area contributed by atoms with Crippen LogP contribution >= 0.6 is 0 Å². The van der Waals surface area contributed by atoms with Gasteiger partial charge in [-0.05, 0) is 43.2 Å². The van der Waals surface area contributed by atoms with Gasteiger partial charge in [-0.25, -0.2) is 4.98 Å². The van der Waals surface area contributed by atoms with Gasteiger partial charge in [0.1, 0.15) is 5.82 Å². The molecule has 1 saturated heterocycles. The van der Waals surface area contributed by atoms with Crippen LogP contribution in [0.15, 0.2) is 18.3 Å². The Hall–Kier alpha value is -1.09. The number of nitrogens with two attached hydrogens (primary N) is 1. The smallest absolute Gasteiger partial charge is 0.128 e. The summed E-state index contributed by atoms with van der Waals surface area (Å²) in [6.07, 6.45) is 5.71. The van der Waals surface area contributed by atoms with E-state index in [-0.39, 0.29) is 6.04 Å². The van der Waals surface area contributed by atoms with Crippen LogP contribution in [0.2, 0.25) is 0 Å². The minimum Gasteiger partial charge on any atom is -0.357 e. The lowest BCUT2D eigenvalue weighted by Gasteiger charge is -2.24. The quantitative estimate of drug-likeness (QED) is 0.873. The van der Waals surface area contributed by atoms with E-state index in [0.717, 1.165) is 24.5 Å². The molecule has 0 aliphatic carbocycles. The number of hydrogen-bond acceptors (Lipinski definition) is 3. The lowest BCUT2D eigenvalue weighted by molar-refractivity contribution is 0.325. The van der Waals surface area contributed by atoms with Crippen molar-refractivity contribution in [3.05, 3.63) is 23.9 Å². The Morgan fingerprint density at radius 1 is 1.28 bits per heavy atom. The number of anilines is 1. The summed E-state index contributed by atoms with van der Waals surface area (Å²) in [6.45, 7) is 8.95. The molecule has 2 N–H and O–H groups in total. The van der Waals surface area contributed by atoms with Gasteiger partial charge in [-0.2, -0.15) is 0 Å². The van der Waals surface area contributed by atoms with E-state index in [1.54, 1.807) is 0 Å². The fourth-order valence-electron chi connectivity index (χ4n) is 2.51. The average molecular weight is 247 g/mol. The molecule has 0 saturated carbocycles. The maximum Gasteiger partial charge on any atom is 0.128 e. The first-order valence-electron chi connectivity index (χ1n) is 6.94. The van der Waals surface area contributed by atoms with Gasteiger partial charge < -0.3 is 10.6 Å². The van der Waals surface area contributed by atoms with Crippen molar-refractivity contribution in [2.45, 2.75) is 46.1 Å². The number of nitrogens with zero attached hydrogens (tertiary/aromatic N) is 2. The van der Waals surface area contributed by atoms with E-state index < -0.39 is 0 Å². The van der Waals surface area contributed by atoms with E-state index in [4.69, 9.17) is 5.73 Å². The second-order valence-corrected chi connectivity index (χ2v) is 6.24. The standard InChI is InChI=1S/C15H25N3/c1-12(16)13-5-6-14(17-11-13)18-9-4-7-15(2,3)8-10-18/h5-6,11-12H,4,7-10,16H2,1-3H3/t12-/m1/s1. The molecule has 0 unspecified atom stereocenters. The third kappa shape index (κ3) is 3.22. The van der Waals surface area contributed by atoms with Crippen LogP contribution in [-0.2, 0) is 0 Å². The molecule has 0 amide bonds. The van der Waals surface area contributed by atoms with E-state index in [1.807, 2.05) is 13.1 Å². The summed E-state index contributed by atoms with van der Waals surface area (Å²) in [5.41, 5.74) is 7.43. The fraction of sp³-hybridized carbons (Fsp3) is 0.667. The van der Waals surface area contributed by atoms with Gasteiger partial charge in [0.2, 0.25) is 0 Å². The zero-order valence-corrected chi connectivity index (χ0v) is 11.8. The molecule has 0 aromatic carbocycles. The van der Waals surface area contributed by atoms with Crippen LogP contribution in [0.3, 0.4) is 0 Å². The molecular formula is C15H25N3. The first-order valence-corrected chi connectivity index (χ1v) is 6.94. The molecule has 1 aromatic heterocycles. The molecule has 1 atom stereocenters. The minimum absolute atomic E-state index is 0.0645. The van der Waals surface area contributed by atoms with Crippen molar-refractivity contribution in [1.29, 1.82) is 0 Å². The number of aromatic nitrogens is 1. The predicted molar refractivity (Wildman–Crippen MR) is 76.7 cm³/mol. The predicted octanol–water partition coefficient (Wildman–Crippen LogP) is 3.12. The van der Waals surface area contributed by atoms with Gasteiger partial charge in [0, 0.05) is 25.3 Å². The highest BCUT2D eigenvalue weighted by atomic mass is 15.2. The first kappa shape index (κ1) is 13.3. The highest BCUT2D eigenvalue weighted by Crippen LogP contribution is 2.31. The van der Waals surface area contributed by atoms with E-state index in [1.165, 1.54) is 19.3 Å². The van der Waals surface area contributed by atoms with Crippen LogP contribution in [0.25, 0.3) is 0 Å². The van der Waals surface area contributed by atoms with Gasteiger partial charge >= 0.3 is 0 Å². The Balaban J connectivity index is 2.07. The molecule has 1 fully saturated rings. The highest BCUT2D eigenvalue weighted by molar-refractivity contribution is 5.40. The molecule has 100 valence electrons. The van der Waals surface area contributed by atoms with E-state index in [0.29, 0.717) is 5.41 Å². The van der Waals surface area contributed by atoms with Gasteiger partial charge in [0.15, 0.2) is 0 Å². The maximum absolute atomic E-state index is 5.85. The van der Waals surface area contributed by atoms with Crippen LogP contribution in [0.4, 0.5) is 5.82 Å². The molecule has 1 aliphatic heterocycles. The Bertz CT molecular complexity index is 381. The third-order valence-corrected chi connectivity index (χ3v) is 3.96. The Labute approximate surface area is 110 Å². The van der Waals surface area contributed by atoms with Crippen LogP contribution in [0.1, 0.15) is 51.6 Å². The fourth-order valence-corrected chi connectivity index (χ4v) is 2.51. The summed E-state index contributed by atoms with van der Waals surface area (Å²) < 4.78 is 0. The minimum atomic E-state index is 0.0645. The largest absolute Gasteiger partial charge is 0.357 e. The molecule has 3 heteroatoms. The zero-order chi connectivity index (χ0) is 13.2. The van der Waals surface area contributed by atoms with Crippen molar-refractivity contribution >= 4 is 5.82 Å². The van der Waals surface area contributed by atoms with Crippen LogP contribution < -0.4 is 10.6 Å². The summed E-state index contributed by atoms with van der Waals surface area (Å²) >= 11 is 0. The van der Waals surface area contributed by atoms with Gasteiger partial charge in [-0.1, -0.05) is 19.9 Å². The van der Waals surface area contributed by atoms with Gasteiger partial charge in [0.05, 0.1) is 0 Å². The van der Waals surface area contributed by atoms with E-state index >= 15 is 0 Å². The van der Waals surface area contributed by atoms with Crippen molar-refractivity contribution in [3.8, 4) is 0 Å². The van der Waals surface area contributed by atoms with E-state index in [2.05, 4.69) is 35.9 Å². The normalized spacial score (nSPS) is 21.4. The van der Waals surface area contributed by atoms with E-state index in [9.17, 15) is 0 Å². The van der Waals surface area contributed by atoms with Crippen LogP contribution in [0, 0.1) is 5.41 Å². The molecular weight excluding hydrogens is 222 g/mol. The van der Waals surface area contributed by atoms with Crippen molar-refractivity contribution < 1.29 is 0 Å². The highest BCUT2D eigenvalue weighted by Gasteiger charge is 2.23. The van der Waals surface area contributed by atoms with Crippen molar-refractivity contribution in [1.82, 2.24) is 4.98 Å². The number of rotatable bonds is 2. The molecule has 2 heterocycles. The summed E-state index contributed by atoms with van der Waals surface area (Å²) in [4.78, 5) is 6.96. The van der Waals surface area contributed by atoms with Crippen molar-refractivity contribution in [2.24, 2.45) is 11.1 Å². The van der Waals surface area contributed by atoms with Gasteiger partial charge in [-0.3, -0.25) is 0 Å². The first-order chi connectivity index (χ1) is 8.48. The van der Waals surface area contributed by atoms with Gasteiger partial charge in [0.25, 0.3) is 0 Å². The second-order valence-electron chi connectivity index (χ2n) is 6.24. The van der Waals surface area contributed by atoms with Gasteiger partial charge in [-0.15, -0.1) is 0 Å². The summed E-state index contributed by atoms with van der Waals surface area (Å²) in [5.74, 6) is 1.09. The third-order valence-electron chi connectivity index (χ3n) is 3.96. The van der Waals surface area contributed by atoms with Crippen molar-refractivity contribution in [3.63, 3.8) is 0 Å². The number of hydrogen-bond donors (Lipinski definition) is 1. The molecule has 18 heavy (non-hydrogen) atoms. The Morgan fingerprint density at radius 2 is 2.06 bits per heavy atom. The molecule has 1 aliphatic rings. The van der Waals surface area contributed by atoms with Crippen LogP contribution in [0.5, 0.6) is 0 Å². The summed E-state index contributed by atoms with van der Waals surface area (Å²) in [7, 11) is 0. The lowest BCUT2D eigenvalue weighted by Crippen LogP contribution is -2.26. The topological polar surface area (TPSA) is 42.1 Å². The molecule has 0 radical (unpaired) electrons. The maximum atomic E-state index is 5.85. The Kier molecular flexibility index (Phi) is 3.91. The molecule has 3 nitrogen and oxygen atoms in total. The number of pyridine rings is 1. The second kappa shape index (κ2) is 5.27. The summed E-state index contributed by atoms with van der Waals surface area (Å²) in [6, 6.07) is 4.27. The SMILES string of the molecule is C[C@@H](N)c1ccc(N2CCCC(C)(C)CC2)nc1. The monoisotopic (exact) mass is 247 g/mol. The Morgan fingerprint density at radius 3 is 2.67 bits per heavy atom. The lowest BCUT2D eigenvalue weighted by atomic mass is 9.85.